The van der Waals surface area contributed by atoms with Crippen LogP contribution in [-0.4, -0.2) is 63.4 Å². The van der Waals surface area contributed by atoms with E-state index in [4.69, 9.17) is 16.3 Å². The number of aliphatic imine (C=N–C) groups is 1. The Balaban J connectivity index is 2.00. The zero-order chi connectivity index (χ0) is 18.9. The number of nitrogens with zero attached hydrogens (tertiary/aromatic N) is 2. The molecule has 2 N–H and O–H groups in total. The first-order chi connectivity index (χ1) is 12.5. The van der Waals surface area contributed by atoms with E-state index in [-0.39, 0.29) is 18.4 Å². The van der Waals surface area contributed by atoms with E-state index in [9.17, 15) is 8.78 Å². The summed E-state index contributed by atoms with van der Waals surface area (Å²) in [5, 5.41) is 6.79. The molecule has 0 aliphatic carbocycles. The Morgan fingerprint density at radius 1 is 1.46 bits per heavy atom. The van der Waals surface area contributed by atoms with E-state index < -0.39 is 6.61 Å². The summed E-state index contributed by atoms with van der Waals surface area (Å²) in [7, 11) is 2.05. The van der Waals surface area contributed by atoms with E-state index in [2.05, 4.69) is 32.3 Å². The van der Waals surface area contributed by atoms with E-state index in [0.29, 0.717) is 36.2 Å². The van der Waals surface area contributed by atoms with E-state index in [1.807, 2.05) is 6.92 Å². The number of alkyl halides is 2. The number of ether oxygens (including phenoxy) is 2. The molecule has 0 aromatic heterocycles. The third kappa shape index (κ3) is 6.93. The van der Waals surface area contributed by atoms with Crippen LogP contribution in [0.4, 0.5) is 8.78 Å². The Kier molecular flexibility index (Phi) is 8.34. The average molecular weight is 391 g/mol. The molecule has 1 atom stereocenters. The fraction of sp³-hybridized carbons (Fsp3) is 0.588. The molecule has 2 rings (SSSR count). The van der Waals surface area contributed by atoms with Gasteiger partial charge in [-0.25, -0.2) is 4.99 Å². The summed E-state index contributed by atoms with van der Waals surface area (Å²) < 4.78 is 35.3. The minimum atomic E-state index is -2.90. The van der Waals surface area contributed by atoms with Gasteiger partial charge in [0.1, 0.15) is 5.75 Å². The van der Waals surface area contributed by atoms with Crippen molar-refractivity contribution in [3.63, 3.8) is 0 Å². The van der Waals surface area contributed by atoms with E-state index in [1.54, 1.807) is 6.07 Å². The van der Waals surface area contributed by atoms with Crippen LogP contribution in [0.25, 0.3) is 0 Å². The van der Waals surface area contributed by atoms with Gasteiger partial charge in [-0.15, -0.1) is 0 Å². The summed E-state index contributed by atoms with van der Waals surface area (Å²) >= 11 is 5.96. The monoisotopic (exact) mass is 390 g/mol. The molecular weight excluding hydrogens is 366 g/mol. The predicted octanol–water partition coefficient (Wildman–Crippen LogP) is 2.33. The summed E-state index contributed by atoms with van der Waals surface area (Å²) in [4.78, 5) is 6.65. The summed E-state index contributed by atoms with van der Waals surface area (Å²) in [5.74, 6) is 0.647. The molecule has 6 nitrogen and oxygen atoms in total. The number of hydrogen-bond acceptors (Lipinski definition) is 4. The topological polar surface area (TPSA) is 58.1 Å². The predicted molar refractivity (Wildman–Crippen MR) is 98.1 cm³/mol. The van der Waals surface area contributed by atoms with Gasteiger partial charge < -0.3 is 25.0 Å². The quantitative estimate of drug-likeness (QED) is 0.553. The van der Waals surface area contributed by atoms with Crippen LogP contribution < -0.4 is 15.4 Å². The molecule has 9 heteroatoms. The Morgan fingerprint density at radius 3 is 2.96 bits per heavy atom. The molecule has 1 fully saturated rings. The minimum absolute atomic E-state index is 0.0706. The molecule has 0 saturated carbocycles. The van der Waals surface area contributed by atoms with Crippen molar-refractivity contribution >= 4 is 17.6 Å². The smallest absolute Gasteiger partial charge is 0.387 e. The number of benzene rings is 1. The van der Waals surface area contributed by atoms with Gasteiger partial charge in [0.15, 0.2) is 5.96 Å². The van der Waals surface area contributed by atoms with E-state index in [1.165, 1.54) is 12.1 Å². The van der Waals surface area contributed by atoms with Crippen LogP contribution in [0.2, 0.25) is 5.02 Å². The highest BCUT2D eigenvalue weighted by Crippen LogP contribution is 2.25. The minimum Gasteiger partial charge on any atom is -0.434 e. The second kappa shape index (κ2) is 10.5. The highest BCUT2D eigenvalue weighted by atomic mass is 35.5. The summed E-state index contributed by atoms with van der Waals surface area (Å²) in [5.41, 5.74) is 0.489. The third-order valence-electron chi connectivity index (χ3n) is 3.83. The molecule has 1 saturated heterocycles. The SMILES string of the molecule is CCNC(=NCc1cc(Cl)ccc1OC(F)F)NCC1CN(C)CCO1. The van der Waals surface area contributed by atoms with Crippen molar-refractivity contribution in [1.29, 1.82) is 0 Å². The molecule has 0 bridgehead atoms. The van der Waals surface area contributed by atoms with Gasteiger partial charge in [0.2, 0.25) is 0 Å². The lowest BCUT2D eigenvalue weighted by Gasteiger charge is -2.30. The maximum absolute atomic E-state index is 12.5. The van der Waals surface area contributed by atoms with Crippen LogP contribution in [0.1, 0.15) is 12.5 Å². The Hall–Kier alpha value is -1.64. The molecule has 1 aliphatic heterocycles. The molecule has 0 amide bonds. The van der Waals surface area contributed by atoms with E-state index >= 15 is 0 Å². The number of rotatable bonds is 7. The maximum Gasteiger partial charge on any atom is 0.387 e. The standard InChI is InChI=1S/C17H25ClF2N4O2/c1-3-21-17(23-10-14-11-24(2)6-7-25-14)22-9-12-8-13(18)4-5-15(12)26-16(19)20/h4-5,8,14,16H,3,6-7,9-11H2,1-2H3,(H2,21,22,23). The zero-order valence-corrected chi connectivity index (χ0v) is 15.7. The second-order valence-corrected chi connectivity index (χ2v) is 6.40. The molecule has 1 aromatic carbocycles. The van der Waals surface area contributed by atoms with Gasteiger partial charge >= 0.3 is 6.61 Å². The first-order valence-corrected chi connectivity index (χ1v) is 8.91. The van der Waals surface area contributed by atoms with Crippen LogP contribution >= 0.6 is 11.6 Å². The van der Waals surface area contributed by atoms with Crippen molar-refractivity contribution in [1.82, 2.24) is 15.5 Å². The third-order valence-corrected chi connectivity index (χ3v) is 4.06. The molecular formula is C17H25ClF2N4O2. The molecule has 0 spiro atoms. The fourth-order valence-corrected chi connectivity index (χ4v) is 2.78. The second-order valence-electron chi connectivity index (χ2n) is 5.96. The lowest BCUT2D eigenvalue weighted by molar-refractivity contribution is -0.0504. The van der Waals surface area contributed by atoms with Gasteiger partial charge in [-0.1, -0.05) is 11.6 Å². The van der Waals surface area contributed by atoms with Crippen LogP contribution in [0.15, 0.2) is 23.2 Å². The first kappa shape index (κ1) is 20.7. The molecule has 1 aromatic rings. The van der Waals surface area contributed by atoms with Gasteiger partial charge in [0.25, 0.3) is 0 Å². The van der Waals surface area contributed by atoms with Crippen molar-refractivity contribution < 1.29 is 18.3 Å². The fourth-order valence-electron chi connectivity index (χ4n) is 2.59. The lowest BCUT2D eigenvalue weighted by Crippen LogP contribution is -2.48. The van der Waals surface area contributed by atoms with Crippen LogP contribution in [0.5, 0.6) is 5.75 Å². The Morgan fingerprint density at radius 2 is 2.27 bits per heavy atom. The Labute approximate surface area is 157 Å². The highest BCUT2D eigenvalue weighted by molar-refractivity contribution is 6.30. The number of likely N-dealkylation sites (N-methyl/N-ethyl adjacent to an activating group) is 1. The van der Waals surface area contributed by atoms with Crippen molar-refractivity contribution in [2.24, 2.45) is 4.99 Å². The first-order valence-electron chi connectivity index (χ1n) is 8.53. The van der Waals surface area contributed by atoms with Crippen LogP contribution in [0, 0.1) is 0 Å². The van der Waals surface area contributed by atoms with Gasteiger partial charge in [-0.05, 0) is 32.2 Å². The van der Waals surface area contributed by atoms with Crippen LogP contribution in [0.3, 0.4) is 0 Å². The van der Waals surface area contributed by atoms with Crippen molar-refractivity contribution in [3.05, 3.63) is 28.8 Å². The summed E-state index contributed by atoms with van der Waals surface area (Å²) in [6.07, 6.45) is 0.0708. The molecule has 1 heterocycles. The summed E-state index contributed by atoms with van der Waals surface area (Å²) in [6, 6.07) is 4.50. The van der Waals surface area contributed by atoms with Crippen molar-refractivity contribution in [2.45, 2.75) is 26.2 Å². The average Bonchev–Trinajstić information content (AvgIpc) is 2.59. The largest absolute Gasteiger partial charge is 0.434 e. The Bertz CT molecular complexity index is 604. The summed E-state index contributed by atoms with van der Waals surface area (Å²) in [6.45, 7) is 2.95. The molecule has 146 valence electrons. The van der Waals surface area contributed by atoms with Gasteiger partial charge in [0.05, 0.1) is 19.3 Å². The zero-order valence-electron chi connectivity index (χ0n) is 15.0. The number of halogens is 3. The van der Waals surface area contributed by atoms with E-state index in [0.717, 1.165) is 13.1 Å². The normalized spacial score (nSPS) is 18.8. The number of nitrogens with one attached hydrogen (secondary N) is 2. The number of morpholine rings is 1. The van der Waals surface area contributed by atoms with Crippen molar-refractivity contribution in [2.75, 3.05) is 39.8 Å². The maximum atomic E-state index is 12.5. The molecule has 1 aliphatic rings. The lowest BCUT2D eigenvalue weighted by atomic mass is 10.2. The highest BCUT2D eigenvalue weighted by Gasteiger charge is 2.18. The number of hydrogen-bond donors (Lipinski definition) is 2. The van der Waals surface area contributed by atoms with Crippen LogP contribution in [-0.2, 0) is 11.3 Å². The molecule has 26 heavy (non-hydrogen) atoms. The van der Waals surface area contributed by atoms with Crippen molar-refractivity contribution in [3.8, 4) is 5.75 Å². The molecule has 0 radical (unpaired) electrons. The van der Waals surface area contributed by atoms with Gasteiger partial charge in [0, 0.05) is 36.8 Å². The number of guanidine groups is 1. The molecule has 1 unspecified atom stereocenters. The van der Waals surface area contributed by atoms with Gasteiger partial charge in [-0.3, -0.25) is 0 Å². The van der Waals surface area contributed by atoms with Gasteiger partial charge in [-0.2, -0.15) is 8.78 Å².